The van der Waals surface area contributed by atoms with Crippen molar-refractivity contribution in [2.45, 2.75) is 13.5 Å². The van der Waals surface area contributed by atoms with Gasteiger partial charge < -0.3 is 9.88 Å². The molecule has 0 aliphatic rings. The van der Waals surface area contributed by atoms with Gasteiger partial charge in [0.05, 0.1) is 5.69 Å². The number of amides is 1. The molecular weight excluding hydrogens is 316 g/mol. The molecule has 4 aromatic rings. The van der Waals surface area contributed by atoms with Gasteiger partial charge in [0.1, 0.15) is 17.8 Å². The summed E-state index contributed by atoms with van der Waals surface area (Å²) in [7, 11) is 0. The van der Waals surface area contributed by atoms with Crippen LogP contribution in [0.5, 0.6) is 0 Å². The van der Waals surface area contributed by atoms with Crippen LogP contribution in [0.3, 0.4) is 0 Å². The van der Waals surface area contributed by atoms with E-state index in [2.05, 4.69) is 20.4 Å². The molecule has 7 nitrogen and oxygen atoms in total. The number of benzene rings is 1. The van der Waals surface area contributed by atoms with Crippen LogP contribution in [-0.4, -0.2) is 30.1 Å². The largest absolute Gasteiger partial charge is 0.347 e. The van der Waals surface area contributed by atoms with Gasteiger partial charge in [0.2, 0.25) is 0 Å². The molecule has 0 saturated carbocycles. The Morgan fingerprint density at radius 3 is 2.84 bits per heavy atom. The highest BCUT2D eigenvalue weighted by atomic mass is 16.1. The van der Waals surface area contributed by atoms with Gasteiger partial charge in [-0.25, -0.2) is 14.5 Å². The Kier molecular flexibility index (Phi) is 3.74. The summed E-state index contributed by atoms with van der Waals surface area (Å²) < 4.78 is 3.53. The van der Waals surface area contributed by atoms with E-state index in [0.29, 0.717) is 17.9 Å². The molecule has 1 aromatic carbocycles. The topological polar surface area (TPSA) is 77.1 Å². The van der Waals surface area contributed by atoms with Crippen LogP contribution in [0.4, 0.5) is 0 Å². The number of nitrogens with one attached hydrogen (secondary N) is 1. The lowest BCUT2D eigenvalue weighted by atomic mass is 10.1. The monoisotopic (exact) mass is 332 g/mol. The maximum atomic E-state index is 12.6. The molecule has 0 unspecified atom stereocenters. The van der Waals surface area contributed by atoms with E-state index in [4.69, 9.17) is 0 Å². The molecule has 0 aliphatic carbocycles. The Hall–Kier alpha value is -3.48. The first-order valence-electron chi connectivity index (χ1n) is 7.89. The van der Waals surface area contributed by atoms with Gasteiger partial charge in [-0.2, -0.15) is 5.10 Å². The zero-order valence-corrected chi connectivity index (χ0v) is 13.6. The van der Waals surface area contributed by atoms with Crippen molar-refractivity contribution in [2.75, 3.05) is 0 Å². The summed E-state index contributed by atoms with van der Waals surface area (Å²) >= 11 is 0. The number of pyridine rings is 1. The maximum Gasteiger partial charge on any atom is 0.270 e. The van der Waals surface area contributed by atoms with Gasteiger partial charge in [0.15, 0.2) is 5.65 Å². The second-order valence-corrected chi connectivity index (χ2v) is 5.60. The maximum absolute atomic E-state index is 12.6. The van der Waals surface area contributed by atoms with E-state index in [-0.39, 0.29) is 5.91 Å². The predicted molar refractivity (Wildman–Crippen MR) is 92.5 cm³/mol. The normalized spacial score (nSPS) is 10.9. The highest BCUT2D eigenvalue weighted by molar-refractivity contribution is 5.93. The van der Waals surface area contributed by atoms with Gasteiger partial charge in [0, 0.05) is 18.9 Å². The van der Waals surface area contributed by atoms with E-state index in [0.717, 1.165) is 17.1 Å². The number of carbonyl (C=O) groups is 1. The van der Waals surface area contributed by atoms with Gasteiger partial charge in [-0.3, -0.25) is 4.79 Å². The quantitative estimate of drug-likeness (QED) is 0.621. The molecule has 7 heteroatoms. The van der Waals surface area contributed by atoms with Crippen LogP contribution in [0.15, 0.2) is 61.2 Å². The zero-order chi connectivity index (χ0) is 17.2. The van der Waals surface area contributed by atoms with Crippen molar-refractivity contribution in [2.24, 2.45) is 0 Å². The molecule has 1 amide bonds. The summed E-state index contributed by atoms with van der Waals surface area (Å²) in [4.78, 5) is 20.9. The predicted octanol–water partition coefficient (Wildman–Crippen LogP) is 2.15. The standard InChI is InChI=1S/C18H16N6O/c1-13-19-9-10-23(13)15-6-3-2-5-14(15)11-20-18(25)16-7-4-8-17-21-12-22-24(16)17/h2-10,12H,11H2,1H3,(H,20,25). The fourth-order valence-electron chi connectivity index (χ4n) is 2.81. The second-order valence-electron chi connectivity index (χ2n) is 5.60. The number of rotatable bonds is 4. The minimum Gasteiger partial charge on any atom is -0.347 e. The Bertz CT molecular complexity index is 1050. The zero-order valence-electron chi connectivity index (χ0n) is 13.6. The van der Waals surface area contributed by atoms with Crippen LogP contribution in [0.1, 0.15) is 21.9 Å². The van der Waals surface area contributed by atoms with Crippen molar-refractivity contribution < 1.29 is 4.79 Å². The third kappa shape index (κ3) is 2.76. The van der Waals surface area contributed by atoms with Gasteiger partial charge in [0.25, 0.3) is 5.91 Å². The lowest BCUT2D eigenvalue weighted by Gasteiger charge is -2.13. The van der Waals surface area contributed by atoms with Gasteiger partial charge >= 0.3 is 0 Å². The SMILES string of the molecule is Cc1nccn1-c1ccccc1CNC(=O)c1cccc2ncnn12. The first kappa shape index (κ1) is 15.1. The second kappa shape index (κ2) is 6.20. The number of imidazole rings is 1. The van der Waals surface area contributed by atoms with Gasteiger partial charge in [-0.1, -0.05) is 24.3 Å². The number of nitrogens with zero attached hydrogens (tertiary/aromatic N) is 5. The van der Waals surface area contributed by atoms with Gasteiger partial charge in [-0.15, -0.1) is 0 Å². The van der Waals surface area contributed by atoms with Crippen molar-refractivity contribution in [1.29, 1.82) is 0 Å². The van der Waals surface area contributed by atoms with E-state index in [1.807, 2.05) is 42.0 Å². The summed E-state index contributed by atoms with van der Waals surface area (Å²) in [6.07, 6.45) is 5.10. The molecule has 4 rings (SSSR count). The van der Waals surface area contributed by atoms with E-state index >= 15 is 0 Å². The number of fused-ring (bicyclic) bond motifs is 1. The Morgan fingerprint density at radius 2 is 2.00 bits per heavy atom. The minimum absolute atomic E-state index is 0.201. The molecule has 3 heterocycles. The third-order valence-corrected chi connectivity index (χ3v) is 4.05. The smallest absolute Gasteiger partial charge is 0.270 e. The van der Waals surface area contributed by atoms with Crippen LogP contribution < -0.4 is 5.32 Å². The molecule has 3 aromatic heterocycles. The van der Waals surface area contributed by atoms with Crippen LogP contribution in [0.2, 0.25) is 0 Å². The number of carbonyl (C=O) groups excluding carboxylic acids is 1. The van der Waals surface area contributed by atoms with Crippen molar-refractivity contribution in [3.63, 3.8) is 0 Å². The fourth-order valence-corrected chi connectivity index (χ4v) is 2.81. The highest BCUT2D eigenvalue weighted by Crippen LogP contribution is 2.16. The van der Waals surface area contributed by atoms with Crippen molar-refractivity contribution >= 4 is 11.6 Å². The fraction of sp³-hybridized carbons (Fsp3) is 0.111. The lowest BCUT2D eigenvalue weighted by molar-refractivity contribution is 0.0943. The van der Waals surface area contributed by atoms with Crippen molar-refractivity contribution in [3.05, 3.63) is 78.3 Å². The Balaban J connectivity index is 1.59. The third-order valence-electron chi connectivity index (χ3n) is 4.05. The summed E-state index contributed by atoms with van der Waals surface area (Å²) in [5, 5.41) is 7.05. The first-order chi connectivity index (χ1) is 12.2. The number of aromatic nitrogens is 5. The van der Waals surface area contributed by atoms with Crippen LogP contribution in [-0.2, 0) is 6.54 Å². The summed E-state index contributed by atoms with van der Waals surface area (Å²) in [6, 6.07) is 13.2. The van der Waals surface area contributed by atoms with Gasteiger partial charge in [-0.05, 0) is 30.7 Å². The van der Waals surface area contributed by atoms with Crippen molar-refractivity contribution in [3.8, 4) is 5.69 Å². The molecule has 1 N–H and O–H groups in total. The molecule has 0 fully saturated rings. The molecule has 0 atom stereocenters. The minimum atomic E-state index is -0.201. The van der Waals surface area contributed by atoms with E-state index in [9.17, 15) is 4.79 Å². The van der Waals surface area contributed by atoms with E-state index in [1.165, 1.54) is 10.8 Å². The molecular formula is C18H16N6O. The Labute approximate surface area is 144 Å². The molecule has 0 radical (unpaired) electrons. The summed E-state index contributed by atoms with van der Waals surface area (Å²) in [5.41, 5.74) is 3.09. The number of hydrogen-bond acceptors (Lipinski definition) is 4. The first-order valence-corrected chi connectivity index (χ1v) is 7.89. The molecule has 25 heavy (non-hydrogen) atoms. The average Bonchev–Trinajstić information content (AvgIpc) is 3.28. The number of para-hydroxylation sites is 1. The summed E-state index contributed by atoms with van der Waals surface area (Å²) in [6.45, 7) is 2.35. The molecule has 0 bridgehead atoms. The lowest BCUT2D eigenvalue weighted by Crippen LogP contribution is -2.25. The highest BCUT2D eigenvalue weighted by Gasteiger charge is 2.12. The molecule has 124 valence electrons. The van der Waals surface area contributed by atoms with Crippen LogP contribution in [0, 0.1) is 6.92 Å². The number of aryl methyl sites for hydroxylation is 1. The number of hydrogen-bond donors (Lipinski definition) is 1. The van der Waals surface area contributed by atoms with Crippen LogP contribution >= 0.6 is 0 Å². The molecule has 0 saturated heterocycles. The average molecular weight is 332 g/mol. The molecule has 0 spiro atoms. The molecule has 0 aliphatic heterocycles. The summed E-state index contributed by atoms with van der Waals surface area (Å²) in [5.74, 6) is 0.694. The van der Waals surface area contributed by atoms with E-state index < -0.39 is 0 Å². The Morgan fingerprint density at radius 1 is 1.12 bits per heavy atom. The van der Waals surface area contributed by atoms with E-state index in [1.54, 1.807) is 24.4 Å². The van der Waals surface area contributed by atoms with Crippen LogP contribution in [0.25, 0.3) is 11.3 Å². The van der Waals surface area contributed by atoms with Crippen molar-refractivity contribution in [1.82, 2.24) is 29.5 Å².